The number of methoxy groups -OCH3 is 3. The zero-order chi connectivity index (χ0) is 39.6. The summed E-state index contributed by atoms with van der Waals surface area (Å²) in [4.78, 5) is 119. The summed E-state index contributed by atoms with van der Waals surface area (Å²) < 4.78 is 18.5. The molecule has 0 fully saturated rings. The highest BCUT2D eigenvalue weighted by molar-refractivity contribution is 6.29. The van der Waals surface area contributed by atoms with Crippen LogP contribution in [-0.2, 0) is 18.9 Å². The summed E-state index contributed by atoms with van der Waals surface area (Å²) in [6, 6.07) is 14.9. The van der Waals surface area contributed by atoms with Crippen molar-refractivity contribution in [2.24, 2.45) is 0 Å². The van der Waals surface area contributed by atoms with Crippen molar-refractivity contribution in [3.05, 3.63) is 140 Å². The van der Waals surface area contributed by atoms with Gasteiger partial charge in [0.2, 0.25) is 0 Å². The molecule has 2 aliphatic rings. The Balaban J connectivity index is 0.000000208. The van der Waals surface area contributed by atoms with Gasteiger partial charge in [0, 0.05) is 40.5 Å². The first-order chi connectivity index (χ1) is 25.6. The predicted octanol–water partition coefficient (Wildman–Crippen LogP) is 3.51. The Morgan fingerprint density at radius 1 is 0.500 bits per heavy atom. The van der Waals surface area contributed by atoms with Crippen LogP contribution in [0.3, 0.4) is 0 Å². The molecule has 1 heterocycles. The van der Waals surface area contributed by atoms with E-state index in [4.69, 9.17) is 14.9 Å². The molecular formula is C38H24O16. The molecule has 0 saturated carbocycles. The van der Waals surface area contributed by atoms with Crippen molar-refractivity contribution in [3.63, 3.8) is 0 Å². The van der Waals surface area contributed by atoms with Crippen LogP contribution in [0.5, 0.6) is 0 Å². The maximum Gasteiger partial charge on any atom is 0.346 e. The summed E-state index contributed by atoms with van der Waals surface area (Å²) in [5, 5.41) is 18.3. The Hall–Kier alpha value is -7.46. The van der Waals surface area contributed by atoms with E-state index in [1.807, 2.05) is 0 Å². The van der Waals surface area contributed by atoms with Crippen molar-refractivity contribution in [1.82, 2.24) is 0 Å². The highest BCUT2D eigenvalue weighted by atomic mass is 16.6. The molecule has 0 aromatic heterocycles. The highest BCUT2D eigenvalue weighted by Crippen LogP contribution is 2.28. The van der Waals surface area contributed by atoms with Crippen molar-refractivity contribution in [2.45, 2.75) is 6.10 Å². The third-order valence-corrected chi connectivity index (χ3v) is 8.27. The fraction of sp³-hybridized carbons (Fsp3) is 0.105. The van der Waals surface area contributed by atoms with Gasteiger partial charge in [-0.3, -0.25) is 19.2 Å². The van der Waals surface area contributed by atoms with Crippen LogP contribution in [0.4, 0.5) is 0 Å². The van der Waals surface area contributed by atoms with Crippen LogP contribution in [0.2, 0.25) is 0 Å². The zero-order valence-electron chi connectivity index (χ0n) is 28.1. The van der Waals surface area contributed by atoms with Gasteiger partial charge in [0.15, 0.2) is 29.2 Å². The molecule has 0 bridgehead atoms. The number of carboxylic acids is 2. The molecule has 16 heteroatoms. The Bertz CT molecular complexity index is 2300. The molecule has 16 nitrogen and oxygen atoms in total. The Kier molecular flexibility index (Phi) is 10.5. The number of cyclic esters (lactones) is 2. The van der Waals surface area contributed by atoms with E-state index in [-0.39, 0.29) is 66.8 Å². The lowest BCUT2D eigenvalue weighted by Gasteiger charge is -2.09. The molecule has 6 rings (SSSR count). The summed E-state index contributed by atoms with van der Waals surface area (Å²) in [6.07, 6.45) is -1.18. The van der Waals surface area contributed by atoms with Crippen molar-refractivity contribution in [2.75, 3.05) is 21.3 Å². The molecule has 0 amide bonds. The number of carbonyl (C=O) groups is 10. The van der Waals surface area contributed by atoms with Crippen LogP contribution in [0, 0.1) is 0 Å². The zero-order valence-corrected chi connectivity index (χ0v) is 28.1. The molecular weight excluding hydrogens is 712 g/mol. The van der Waals surface area contributed by atoms with Crippen LogP contribution in [0.15, 0.2) is 72.8 Å². The van der Waals surface area contributed by atoms with Crippen LogP contribution in [0.25, 0.3) is 0 Å². The topological polar surface area (TPSA) is 248 Å². The molecule has 0 spiro atoms. The molecule has 54 heavy (non-hydrogen) atoms. The Morgan fingerprint density at radius 3 is 1.33 bits per heavy atom. The number of esters is 4. The van der Waals surface area contributed by atoms with Gasteiger partial charge in [-0.2, -0.15) is 0 Å². The second kappa shape index (κ2) is 15.0. The van der Waals surface area contributed by atoms with Gasteiger partial charge in [-0.15, -0.1) is 0 Å². The fourth-order valence-electron chi connectivity index (χ4n) is 5.58. The lowest BCUT2D eigenvalue weighted by Crippen LogP contribution is -2.23. The lowest BCUT2D eigenvalue weighted by atomic mass is 9.95. The number of fused-ring (bicyclic) bond motifs is 2. The van der Waals surface area contributed by atoms with E-state index in [9.17, 15) is 47.9 Å². The quantitative estimate of drug-likeness (QED) is 0.108. The third-order valence-electron chi connectivity index (χ3n) is 8.27. The van der Waals surface area contributed by atoms with Crippen molar-refractivity contribution >= 4 is 58.9 Å². The first-order valence-electron chi connectivity index (χ1n) is 15.3. The minimum atomic E-state index is -1.38. The average molecular weight is 737 g/mol. The average Bonchev–Trinajstić information content (AvgIpc) is 3.60. The van der Waals surface area contributed by atoms with Gasteiger partial charge in [0.1, 0.15) is 0 Å². The van der Waals surface area contributed by atoms with Gasteiger partial charge in [-0.25, -0.2) is 28.8 Å². The van der Waals surface area contributed by atoms with Crippen molar-refractivity contribution in [1.29, 1.82) is 0 Å². The number of Topliss-reactive ketones (excluding diaryl/α,β-unsaturated/α-hetero) is 2. The van der Waals surface area contributed by atoms with Gasteiger partial charge in [0.05, 0.1) is 47.6 Å². The first kappa shape index (κ1) is 37.8. The largest absolute Gasteiger partial charge is 0.478 e. The van der Waals surface area contributed by atoms with E-state index < -0.39 is 65.1 Å². The van der Waals surface area contributed by atoms with Gasteiger partial charge in [-0.05, 0) is 48.5 Å². The van der Waals surface area contributed by atoms with Crippen LogP contribution >= 0.6 is 0 Å². The minimum absolute atomic E-state index is 0.0210. The maximum absolute atomic E-state index is 12.7. The van der Waals surface area contributed by atoms with Crippen LogP contribution in [0.1, 0.15) is 115 Å². The molecule has 4 aromatic rings. The van der Waals surface area contributed by atoms with Crippen LogP contribution in [-0.4, -0.2) is 96.6 Å². The van der Waals surface area contributed by atoms with Crippen molar-refractivity contribution in [3.8, 4) is 0 Å². The number of ether oxygens (including phenoxy) is 4. The number of carbonyl (C=O) groups excluding carboxylic acids is 8. The molecule has 0 saturated heterocycles. The van der Waals surface area contributed by atoms with Gasteiger partial charge in [0.25, 0.3) is 0 Å². The summed E-state index contributed by atoms with van der Waals surface area (Å²) in [5.74, 6) is -8.25. The molecule has 4 aromatic carbocycles. The molecule has 1 aliphatic heterocycles. The van der Waals surface area contributed by atoms with Gasteiger partial charge < -0.3 is 29.2 Å². The first-order valence-corrected chi connectivity index (χ1v) is 15.3. The number of aromatic carboxylic acids is 2. The number of ketones is 4. The van der Waals surface area contributed by atoms with E-state index in [0.29, 0.717) is 0 Å². The predicted molar refractivity (Wildman–Crippen MR) is 178 cm³/mol. The summed E-state index contributed by atoms with van der Waals surface area (Å²) in [5.41, 5.74) is -0.641. The standard InChI is InChI=1S/C19H14O9.C19H10O7/c1-27-18(25)13-7-9(3-5-11(13)16(21)22)15(20)10-4-6-12(17(23)24)14(8-10)19(26)28-2;1-25-17-15(21)10-4-2-8(6-12(10)16(17)22)14(20)9-3-5-11-13(7-9)19(24)26-18(11)23/h3-8H,1-2H3,(H,21,22)(H,23,24);2-7,17H,1H3. The Morgan fingerprint density at radius 2 is 0.889 bits per heavy atom. The lowest BCUT2D eigenvalue weighted by molar-refractivity contribution is 0.0439. The number of hydrogen-bond acceptors (Lipinski definition) is 14. The molecule has 0 radical (unpaired) electrons. The second-order valence-electron chi connectivity index (χ2n) is 11.3. The Labute approximate surface area is 302 Å². The highest BCUT2D eigenvalue weighted by Gasteiger charge is 2.39. The third kappa shape index (κ3) is 6.91. The van der Waals surface area contributed by atoms with E-state index in [1.165, 1.54) is 55.6 Å². The molecule has 2 N–H and O–H groups in total. The molecule has 272 valence electrons. The second-order valence-corrected chi connectivity index (χ2v) is 11.3. The maximum atomic E-state index is 12.7. The van der Waals surface area contributed by atoms with E-state index in [0.717, 1.165) is 38.5 Å². The monoisotopic (exact) mass is 736 g/mol. The van der Waals surface area contributed by atoms with Crippen LogP contribution < -0.4 is 0 Å². The van der Waals surface area contributed by atoms with E-state index in [2.05, 4.69) is 14.2 Å². The summed E-state index contributed by atoms with van der Waals surface area (Å²) >= 11 is 0. The minimum Gasteiger partial charge on any atom is -0.478 e. The van der Waals surface area contributed by atoms with Crippen molar-refractivity contribution < 1.29 is 77.1 Å². The molecule has 1 atom stereocenters. The summed E-state index contributed by atoms with van der Waals surface area (Å²) in [6.45, 7) is 0. The smallest absolute Gasteiger partial charge is 0.346 e. The SMILES string of the molecule is COC(=O)c1cc(C(=O)c2ccc(C(=O)O)c(C(=O)OC)c2)ccc1C(=O)O.COC1C(=O)c2ccc(C(=O)c3ccc4c(c3)C(=O)OC4=O)cc2C1=O. The number of rotatable bonds is 9. The molecule has 1 aliphatic carbocycles. The summed E-state index contributed by atoms with van der Waals surface area (Å²) in [7, 11) is 3.40. The normalized spacial score (nSPS) is 13.9. The van der Waals surface area contributed by atoms with Gasteiger partial charge in [-0.1, -0.05) is 24.3 Å². The molecule has 1 unspecified atom stereocenters. The number of hydrogen-bond donors (Lipinski definition) is 2. The number of benzene rings is 4. The van der Waals surface area contributed by atoms with Gasteiger partial charge >= 0.3 is 35.8 Å². The van der Waals surface area contributed by atoms with E-state index in [1.54, 1.807) is 0 Å². The number of carboxylic acid groups (broad SMARTS) is 2. The van der Waals surface area contributed by atoms with E-state index >= 15 is 0 Å². The fourth-order valence-corrected chi connectivity index (χ4v) is 5.58.